The summed E-state index contributed by atoms with van der Waals surface area (Å²) in [7, 11) is 0. The van der Waals surface area contributed by atoms with Gasteiger partial charge in [-0.05, 0) is 75.7 Å². The van der Waals surface area contributed by atoms with Crippen molar-refractivity contribution in [1.82, 2.24) is 0 Å². The number of aliphatic hydroxyl groups excluding tert-OH is 4. The molecule has 2 aliphatic carbocycles. The van der Waals surface area contributed by atoms with E-state index in [1.54, 1.807) is 6.92 Å². The minimum absolute atomic E-state index is 0.0575. The predicted molar refractivity (Wildman–Crippen MR) is 101 cm³/mol. The van der Waals surface area contributed by atoms with Gasteiger partial charge in [0.2, 0.25) is 0 Å². The highest BCUT2D eigenvalue weighted by Crippen LogP contribution is 2.58. The maximum Gasteiger partial charge on any atom is 0.187 e. The van der Waals surface area contributed by atoms with Crippen LogP contribution in [-0.2, 0) is 9.47 Å². The smallest absolute Gasteiger partial charge is 0.187 e. The molecule has 0 amide bonds. The average molecular weight is 385 g/mol. The van der Waals surface area contributed by atoms with Gasteiger partial charge >= 0.3 is 0 Å². The summed E-state index contributed by atoms with van der Waals surface area (Å²) in [6.45, 7) is 12.1. The highest BCUT2D eigenvalue weighted by atomic mass is 16.7. The van der Waals surface area contributed by atoms with Crippen molar-refractivity contribution < 1.29 is 29.9 Å². The minimum Gasteiger partial charge on any atom is -0.389 e. The van der Waals surface area contributed by atoms with E-state index in [1.807, 2.05) is 13.8 Å². The van der Waals surface area contributed by atoms with E-state index in [-0.39, 0.29) is 11.3 Å². The summed E-state index contributed by atoms with van der Waals surface area (Å²) in [5.41, 5.74) is 0.317. The highest BCUT2D eigenvalue weighted by Gasteiger charge is 2.53. The molecule has 1 aliphatic heterocycles. The minimum atomic E-state index is -1.30. The molecule has 3 aliphatic rings. The maximum absolute atomic E-state index is 10.4. The van der Waals surface area contributed by atoms with Crippen molar-refractivity contribution >= 4 is 0 Å². The molecule has 0 bridgehead atoms. The first-order chi connectivity index (χ1) is 12.5. The van der Waals surface area contributed by atoms with Crippen LogP contribution >= 0.6 is 0 Å². The zero-order valence-electron chi connectivity index (χ0n) is 17.0. The largest absolute Gasteiger partial charge is 0.389 e. The Labute approximate surface area is 162 Å². The van der Waals surface area contributed by atoms with Crippen LogP contribution in [0.2, 0.25) is 0 Å². The standard InChI is InChI=1S/C21H36O6/c1-11-6-7-15(22)12(2)21(11)9-8-14(10-21)20(4,5)27-19-18(25)17(24)16(23)13(3)26-19/h11,13-19,22-25H,2,6-10H2,1,3-5H3/t11-,13?,14?,15+,16?,17?,18?,19?,21-/m0/s1. The zero-order chi connectivity index (χ0) is 20.1. The monoisotopic (exact) mass is 384 g/mol. The van der Waals surface area contributed by atoms with Crippen LogP contribution in [0.4, 0.5) is 0 Å². The molecule has 1 heterocycles. The van der Waals surface area contributed by atoms with Gasteiger partial charge in [0, 0.05) is 0 Å². The molecular formula is C21H36O6. The molecular weight excluding hydrogens is 348 g/mol. The summed E-state index contributed by atoms with van der Waals surface area (Å²) in [6.07, 6.45) is -1.15. The Balaban J connectivity index is 1.72. The van der Waals surface area contributed by atoms with Crippen molar-refractivity contribution in [3.8, 4) is 0 Å². The molecule has 156 valence electrons. The van der Waals surface area contributed by atoms with Gasteiger partial charge in [-0.2, -0.15) is 0 Å². The molecule has 2 saturated carbocycles. The predicted octanol–water partition coefficient (Wildman–Crippen LogP) is 1.74. The summed E-state index contributed by atoms with van der Waals surface area (Å²) in [6, 6.07) is 0. The lowest BCUT2D eigenvalue weighted by Crippen LogP contribution is -2.59. The van der Waals surface area contributed by atoms with Gasteiger partial charge in [0.05, 0.1) is 17.8 Å². The maximum atomic E-state index is 10.4. The molecule has 6 unspecified atom stereocenters. The molecule has 6 heteroatoms. The fourth-order valence-corrected chi connectivity index (χ4v) is 5.42. The molecule has 3 rings (SSSR count). The molecule has 1 saturated heterocycles. The number of hydrogen-bond acceptors (Lipinski definition) is 6. The Morgan fingerprint density at radius 3 is 2.37 bits per heavy atom. The number of rotatable bonds is 3. The van der Waals surface area contributed by atoms with Gasteiger partial charge in [0.15, 0.2) is 6.29 Å². The van der Waals surface area contributed by atoms with Gasteiger partial charge in [-0.15, -0.1) is 0 Å². The molecule has 9 atom stereocenters. The molecule has 0 aromatic rings. The molecule has 3 fully saturated rings. The van der Waals surface area contributed by atoms with Crippen LogP contribution in [0, 0.1) is 17.3 Å². The second kappa shape index (κ2) is 7.39. The van der Waals surface area contributed by atoms with Crippen LogP contribution in [0.15, 0.2) is 12.2 Å². The Hall–Kier alpha value is -0.500. The molecule has 4 N–H and O–H groups in total. The Bertz CT molecular complexity index is 563. The lowest BCUT2D eigenvalue weighted by molar-refractivity contribution is -0.322. The van der Waals surface area contributed by atoms with E-state index in [4.69, 9.17) is 9.47 Å². The van der Waals surface area contributed by atoms with Crippen molar-refractivity contribution in [2.24, 2.45) is 17.3 Å². The quantitative estimate of drug-likeness (QED) is 0.553. The second-order valence-electron chi connectivity index (χ2n) is 9.52. The van der Waals surface area contributed by atoms with Crippen molar-refractivity contribution in [3.05, 3.63) is 12.2 Å². The second-order valence-corrected chi connectivity index (χ2v) is 9.52. The van der Waals surface area contributed by atoms with Crippen molar-refractivity contribution in [2.45, 2.75) is 102 Å². The van der Waals surface area contributed by atoms with Gasteiger partial charge in [-0.1, -0.05) is 13.5 Å². The van der Waals surface area contributed by atoms with Crippen LogP contribution < -0.4 is 0 Å². The summed E-state index contributed by atoms with van der Waals surface area (Å²) in [5.74, 6) is 0.694. The Kier molecular flexibility index (Phi) is 5.81. The Morgan fingerprint density at radius 2 is 1.70 bits per heavy atom. The summed E-state index contributed by atoms with van der Waals surface area (Å²) >= 11 is 0. The topological polar surface area (TPSA) is 99.4 Å². The average Bonchev–Trinajstić information content (AvgIpc) is 3.07. The first-order valence-electron chi connectivity index (χ1n) is 10.2. The fraction of sp³-hybridized carbons (Fsp3) is 0.905. The van der Waals surface area contributed by atoms with E-state index in [0.717, 1.165) is 37.7 Å². The first-order valence-corrected chi connectivity index (χ1v) is 10.2. The molecule has 27 heavy (non-hydrogen) atoms. The summed E-state index contributed by atoms with van der Waals surface area (Å²) in [5, 5.41) is 40.6. The molecule has 0 aromatic carbocycles. The normalized spacial score (nSPS) is 49.0. The molecule has 0 aromatic heterocycles. The van der Waals surface area contributed by atoms with E-state index >= 15 is 0 Å². The van der Waals surface area contributed by atoms with Gasteiger partial charge in [-0.25, -0.2) is 0 Å². The zero-order valence-corrected chi connectivity index (χ0v) is 17.0. The first kappa shape index (κ1) is 21.2. The van der Waals surface area contributed by atoms with Crippen molar-refractivity contribution in [3.63, 3.8) is 0 Å². The number of ether oxygens (including phenoxy) is 2. The molecule has 6 nitrogen and oxygen atoms in total. The lowest BCUT2D eigenvalue weighted by Gasteiger charge is -2.46. The number of aliphatic hydroxyl groups is 4. The highest BCUT2D eigenvalue weighted by molar-refractivity contribution is 5.22. The van der Waals surface area contributed by atoms with Gasteiger partial charge in [-0.3, -0.25) is 0 Å². The van der Waals surface area contributed by atoms with Gasteiger partial charge < -0.3 is 29.9 Å². The van der Waals surface area contributed by atoms with Crippen LogP contribution in [-0.4, -0.2) is 62.8 Å². The van der Waals surface area contributed by atoms with Crippen molar-refractivity contribution in [2.75, 3.05) is 0 Å². The van der Waals surface area contributed by atoms with Crippen LogP contribution in [0.3, 0.4) is 0 Å². The van der Waals surface area contributed by atoms with E-state index in [2.05, 4.69) is 13.5 Å². The number of hydrogen-bond donors (Lipinski definition) is 4. The third kappa shape index (κ3) is 3.61. The fourth-order valence-electron chi connectivity index (χ4n) is 5.42. The molecule has 1 spiro atoms. The van der Waals surface area contributed by atoms with E-state index < -0.39 is 42.4 Å². The third-order valence-electron chi connectivity index (χ3n) is 7.62. The summed E-state index contributed by atoms with van der Waals surface area (Å²) < 4.78 is 11.8. The van der Waals surface area contributed by atoms with Crippen LogP contribution in [0.25, 0.3) is 0 Å². The van der Waals surface area contributed by atoms with Crippen LogP contribution in [0.1, 0.15) is 59.8 Å². The van der Waals surface area contributed by atoms with Crippen LogP contribution in [0.5, 0.6) is 0 Å². The van der Waals surface area contributed by atoms with E-state index in [1.165, 1.54) is 0 Å². The third-order valence-corrected chi connectivity index (χ3v) is 7.62. The Morgan fingerprint density at radius 1 is 1.04 bits per heavy atom. The van der Waals surface area contributed by atoms with E-state index in [9.17, 15) is 20.4 Å². The lowest BCUT2D eigenvalue weighted by atomic mass is 9.61. The molecule has 0 radical (unpaired) electrons. The summed E-state index contributed by atoms with van der Waals surface area (Å²) in [4.78, 5) is 0. The van der Waals surface area contributed by atoms with Crippen molar-refractivity contribution in [1.29, 1.82) is 0 Å². The van der Waals surface area contributed by atoms with E-state index in [0.29, 0.717) is 5.92 Å². The van der Waals surface area contributed by atoms with Gasteiger partial charge in [0.1, 0.15) is 18.3 Å². The van der Waals surface area contributed by atoms with Gasteiger partial charge in [0.25, 0.3) is 0 Å². The SMILES string of the molecule is C=C1[C@H](O)CC[C@H](C)[C@@]12CCC(C(C)(C)OC1OC(C)C(O)C(O)C1O)C2.